The number of carboxylic acid groups (broad SMARTS) is 1. The third kappa shape index (κ3) is 4.51. The van der Waals surface area contributed by atoms with Gasteiger partial charge in [0.2, 0.25) is 5.91 Å². The summed E-state index contributed by atoms with van der Waals surface area (Å²) in [4.78, 5) is 25.1. The molecule has 0 atom stereocenters. The maximum atomic E-state index is 12.3. The number of amides is 1. The van der Waals surface area contributed by atoms with Gasteiger partial charge < -0.3 is 10.0 Å². The van der Waals surface area contributed by atoms with Crippen molar-refractivity contribution in [3.05, 3.63) is 0 Å². The number of carbonyl (C=O) groups excluding carboxylic acids is 1. The molecule has 0 aliphatic heterocycles. The summed E-state index contributed by atoms with van der Waals surface area (Å²) in [6.07, 6.45) is 6.31. The molecule has 1 aliphatic carbocycles. The Balaban J connectivity index is 2.73. The topological polar surface area (TPSA) is 57.6 Å². The van der Waals surface area contributed by atoms with Gasteiger partial charge in [-0.25, -0.2) is 0 Å². The van der Waals surface area contributed by atoms with Crippen LogP contribution >= 0.6 is 0 Å². The van der Waals surface area contributed by atoms with Crippen LogP contribution in [0.2, 0.25) is 0 Å². The van der Waals surface area contributed by atoms with Gasteiger partial charge in [0, 0.05) is 13.5 Å². The molecule has 19 heavy (non-hydrogen) atoms. The highest BCUT2D eigenvalue weighted by atomic mass is 16.4. The zero-order valence-corrected chi connectivity index (χ0v) is 12.4. The molecule has 1 amide bonds. The van der Waals surface area contributed by atoms with Crippen molar-refractivity contribution < 1.29 is 14.7 Å². The lowest BCUT2D eigenvalue weighted by Crippen LogP contribution is -2.52. The fraction of sp³-hybridized carbons (Fsp3) is 0.867. The number of hydrogen-bond donors (Lipinski definition) is 1. The van der Waals surface area contributed by atoms with Crippen LogP contribution < -0.4 is 0 Å². The van der Waals surface area contributed by atoms with Crippen LogP contribution in [0.1, 0.15) is 65.2 Å². The molecule has 1 rings (SSSR count). The molecule has 1 aliphatic rings. The third-order valence-corrected chi connectivity index (χ3v) is 4.29. The Kier molecular flexibility index (Phi) is 5.83. The average Bonchev–Trinajstić information content (AvgIpc) is 2.35. The van der Waals surface area contributed by atoms with E-state index in [9.17, 15) is 9.59 Å². The van der Waals surface area contributed by atoms with E-state index in [1.807, 2.05) is 0 Å². The Bertz CT molecular complexity index is 319. The fourth-order valence-corrected chi connectivity index (χ4v) is 2.97. The van der Waals surface area contributed by atoms with Crippen LogP contribution in [-0.2, 0) is 9.59 Å². The van der Waals surface area contributed by atoms with Crippen LogP contribution in [0.4, 0.5) is 0 Å². The number of carbonyl (C=O) groups is 2. The lowest BCUT2D eigenvalue weighted by Gasteiger charge is -2.44. The Hall–Kier alpha value is -1.06. The highest BCUT2D eigenvalue weighted by Gasteiger charge is 2.40. The van der Waals surface area contributed by atoms with Crippen LogP contribution in [-0.4, -0.2) is 34.5 Å². The molecule has 4 nitrogen and oxygen atoms in total. The summed E-state index contributed by atoms with van der Waals surface area (Å²) >= 11 is 0. The van der Waals surface area contributed by atoms with Gasteiger partial charge in [-0.05, 0) is 25.2 Å². The largest absolute Gasteiger partial charge is 0.481 e. The molecule has 0 unspecified atom stereocenters. The van der Waals surface area contributed by atoms with Gasteiger partial charge >= 0.3 is 5.97 Å². The number of nitrogens with zero attached hydrogens (tertiary/aromatic N) is 1. The van der Waals surface area contributed by atoms with Crippen molar-refractivity contribution in [2.75, 3.05) is 7.05 Å². The van der Waals surface area contributed by atoms with E-state index in [1.54, 1.807) is 11.9 Å². The molecule has 0 radical (unpaired) electrons. The van der Waals surface area contributed by atoms with Gasteiger partial charge in [0.25, 0.3) is 0 Å². The summed E-state index contributed by atoms with van der Waals surface area (Å²) in [5, 5.41) is 9.14. The van der Waals surface area contributed by atoms with Crippen molar-refractivity contribution in [2.24, 2.45) is 5.92 Å². The van der Waals surface area contributed by atoms with Gasteiger partial charge in [0.1, 0.15) is 0 Å². The fourth-order valence-electron chi connectivity index (χ4n) is 2.97. The van der Waals surface area contributed by atoms with E-state index in [0.29, 0.717) is 12.3 Å². The summed E-state index contributed by atoms with van der Waals surface area (Å²) in [6, 6.07) is 0. The Labute approximate surface area is 116 Å². The lowest BCUT2D eigenvalue weighted by atomic mass is 9.78. The molecule has 0 heterocycles. The Morgan fingerprint density at radius 1 is 1.21 bits per heavy atom. The zero-order chi connectivity index (χ0) is 14.5. The van der Waals surface area contributed by atoms with Crippen LogP contribution in [0.15, 0.2) is 0 Å². The highest BCUT2D eigenvalue weighted by Crippen LogP contribution is 2.36. The molecule has 1 N–H and O–H groups in total. The second-order valence-electron chi connectivity index (χ2n) is 6.24. The molecule has 4 heteroatoms. The van der Waals surface area contributed by atoms with Crippen molar-refractivity contribution >= 4 is 11.9 Å². The smallest absolute Gasteiger partial charge is 0.305 e. The Morgan fingerprint density at radius 2 is 1.79 bits per heavy atom. The minimum Gasteiger partial charge on any atom is -0.481 e. The molecule has 0 spiro atoms. The molecule has 0 bridgehead atoms. The van der Waals surface area contributed by atoms with Crippen molar-refractivity contribution in [1.82, 2.24) is 4.90 Å². The number of hydrogen-bond acceptors (Lipinski definition) is 2. The van der Waals surface area contributed by atoms with Crippen LogP contribution in [0.25, 0.3) is 0 Å². The minimum absolute atomic E-state index is 0.0803. The maximum Gasteiger partial charge on any atom is 0.305 e. The second kappa shape index (κ2) is 6.92. The summed E-state index contributed by atoms with van der Waals surface area (Å²) in [5.41, 5.74) is -0.446. The van der Waals surface area contributed by atoms with Gasteiger partial charge in [0.05, 0.1) is 12.0 Å². The van der Waals surface area contributed by atoms with E-state index in [4.69, 9.17) is 5.11 Å². The summed E-state index contributed by atoms with van der Waals surface area (Å²) < 4.78 is 0. The quantitative estimate of drug-likeness (QED) is 0.806. The first-order valence-electron chi connectivity index (χ1n) is 7.36. The molecule has 0 saturated heterocycles. The first-order chi connectivity index (χ1) is 8.87. The SMILES string of the molecule is CC(C)CCC(=O)N(C)C1(CC(=O)O)CCCCC1. The predicted octanol–water partition coefficient (Wildman–Crippen LogP) is 3.06. The zero-order valence-electron chi connectivity index (χ0n) is 12.4. The highest BCUT2D eigenvalue weighted by molar-refractivity contribution is 5.78. The van der Waals surface area contributed by atoms with E-state index in [1.165, 1.54) is 0 Å². The van der Waals surface area contributed by atoms with Gasteiger partial charge in [-0.3, -0.25) is 9.59 Å². The van der Waals surface area contributed by atoms with Gasteiger partial charge in [-0.2, -0.15) is 0 Å². The summed E-state index contributed by atoms with van der Waals surface area (Å²) in [7, 11) is 1.79. The van der Waals surface area contributed by atoms with E-state index < -0.39 is 11.5 Å². The van der Waals surface area contributed by atoms with Crippen LogP contribution in [0, 0.1) is 5.92 Å². The first-order valence-corrected chi connectivity index (χ1v) is 7.36. The third-order valence-electron chi connectivity index (χ3n) is 4.29. The lowest BCUT2D eigenvalue weighted by molar-refractivity contribution is -0.146. The van der Waals surface area contributed by atoms with Crippen LogP contribution in [0.3, 0.4) is 0 Å². The molecular formula is C15H27NO3. The molecule has 0 aromatic carbocycles. The van der Waals surface area contributed by atoms with Crippen molar-refractivity contribution in [1.29, 1.82) is 0 Å². The second-order valence-corrected chi connectivity index (χ2v) is 6.24. The van der Waals surface area contributed by atoms with Crippen molar-refractivity contribution in [3.8, 4) is 0 Å². The minimum atomic E-state index is -0.801. The standard InChI is InChI=1S/C15H27NO3/c1-12(2)7-8-13(17)16(3)15(11-14(18)19)9-5-4-6-10-15/h12H,4-11H2,1-3H3,(H,18,19). The van der Waals surface area contributed by atoms with E-state index >= 15 is 0 Å². The number of aliphatic carboxylic acids is 1. The molecule has 0 aromatic heterocycles. The van der Waals surface area contributed by atoms with E-state index in [-0.39, 0.29) is 12.3 Å². The Morgan fingerprint density at radius 3 is 2.26 bits per heavy atom. The summed E-state index contributed by atoms with van der Waals surface area (Å²) in [6.45, 7) is 4.20. The number of rotatable bonds is 6. The maximum absolute atomic E-state index is 12.3. The van der Waals surface area contributed by atoms with Gasteiger partial charge in [-0.1, -0.05) is 33.1 Å². The van der Waals surface area contributed by atoms with Gasteiger partial charge in [-0.15, -0.1) is 0 Å². The average molecular weight is 269 g/mol. The summed E-state index contributed by atoms with van der Waals surface area (Å²) in [5.74, 6) is -0.207. The van der Waals surface area contributed by atoms with E-state index in [0.717, 1.165) is 38.5 Å². The van der Waals surface area contributed by atoms with E-state index in [2.05, 4.69) is 13.8 Å². The number of carboxylic acids is 1. The first kappa shape index (κ1) is 16.0. The van der Waals surface area contributed by atoms with Crippen molar-refractivity contribution in [3.63, 3.8) is 0 Å². The molecule has 0 aromatic rings. The van der Waals surface area contributed by atoms with Gasteiger partial charge in [0.15, 0.2) is 0 Å². The van der Waals surface area contributed by atoms with Crippen molar-refractivity contribution in [2.45, 2.75) is 70.8 Å². The molecule has 1 fully saturated rings. The molecule has 110 valence electrons. The normalized spacial score (nSPS) is 18.3. The molecule has 1 saturated carbocycles. The predicted molar refractivity (Wildman–Crippen MR) is 74.9 cm³/mol. The van der Waals surface area contributed by atoms with Crippen LogP contribution in [0.5, 0.6) is 0 Å². The monoisotopic (exact) mass is 269 g/mol. The molecular weight excluding hydrogens is 242 g/mol.